The lowest BCUT2D eigenvalue weighted by molar-refractivity contribution is -0.130. The Morgan fingerprint density at radius 3 is 2.72 bits per heavy atom. The Morgan fingerprint density at radius 1 is 1.36 bits per heavy atom. The van der Waals surface area contributed by atoms with Crippen LogP contribution >= 0.6 is 0 Å². The maximum absolute atomic E-state index is 12.7. The molecule has 2 rings (SSSR count). The lowest BCUT2D eigenvalue weighted by Gasteiger charge is -2.34. The van der Waals surface area contributed by atoms with E-state index in [1.807, 2.05) is 32.0 Å². The molecule has 0 radical (unpaired) electrons. The number of rotatable bonds is 8. The summed E-state index contributed by atoms with van der Waals surface area (Å²) in [5.74, 6) is 0.243. The van der Waals surface area contributed by atoms with Gasteiger partial charge in [-0.2, -0.15) is 0 Å². The van der Waals surface area contributed by atoms with Crippen LogP contribution in [0.3, 0.4) is 0 Å². The number of aliphatic hydroxyl groups excluding tert-OH is 1. The summed E-state index contributed by atoms with van der Waals surface area (Å²) in [7, 11) is 0. The molecule has 0 saturated carbocycles. The van der Waals surface area contributed by atoms with Crippen LogP contribution in [0.5, 0.6) is 0 Å². The molecule has 0 aromatic heterocycles. The van der Waals surface area contributed by atoms with E-state index in [0.717, 1.165) is 31.2 Å². The Labute approximate surface area is 152 Å². The van der Waals surface area contributed by atoms with E-state index in [-0.39, 0.29) is 35.9 Å². The van der Waals surface area contributed by atoms with E-state index in [1.165, 1.54) is 0 Å². The van der Waals surface area contributed by atoms with Gasteiger partial charge in [0, 0.05) is 31.6 Å². The number of amides is 1. The molecule has 4 heteroatoms. The Kier molecular flexibility index (Phi) is 7.45. The molecule has 1 aromatic rings. The molecule has 3 unspecified atom stereocenters. The number of hydrogen-bond acceptors (Lipinski definition) is 3. The van der Waals surface area contributed by atoms with Crippen molar-refractivity contribution < 1.29 is 14.6 Å². The van der Waals surface area contributed by atoms with Crippen LogP contribution in [0, 0.1) is 11.3 Å². The molecule has 1 aliphatic rings. The van der Waals surface area contributed by atoms with Gasteiger partial charge in [-0.1, -0.05) is 57.5 Å². The Balaban J connectivity index is 1.99. The quantitative estimate of drug-likeness (QED) is 0.757. The van der Waals surface area contributed by atoms with Gasteiger partial charge in [-0.3, -0.25) is 4.79 Å². The zero-order valence-corrected chi connectivity index (χ0v) is 15.8. The minimum atomic E-state index is -0.297. The summed E-state index contributed by atoms with van der Waals surface area (Å²) in [6.07, 6.45) is 3.94. The first-order valence-electron chi connectivity index (χ1n) is 9.53. The number of benzene rings is 1. The topological polar surface area (TPSA) is 58.6 Å². The molecular weight excluding hydrogens is 314 g/mol. The normalized spacial score (nSPS) is 22.4. The van der Waals surface area contributed by atoms with Gasteiger partial charge in [-0.15, -0.1) is 0 Å². The first kappa shape index (κ1) is 19.9. The van der Waals surface area contributed by atoms with Crippen LogP contribution in [0.15, 0.2) is 30.3 Å². The average molecular weight is 347 g/mol. The van der Waals surface area contributed by atoms with Gasteiger partial charge in [0.25, 0.3) is 0 Å². The third-order valence-corrected chi connectivity index (χ3v) is 5.38. The van der Waals surface area contributed by atoms with E-state index in [0.29, 0.717) is 13.2 Å². The van der Waals surface area contributed by atoms with Gasteiger partial charge in [0.2, 0.25) is 5.91 Å². The fraction of sp³-hybridized carbons (Fsp3) is 0.667. The van der Waals surface area contributed by atoms with Gasteiger partial charge in [0.1, 0.15) is 0 Å². The van der Waals surface area contributed by atoms with Crippen LogP contribution in [0.25, 0.3) is 0 Å². The molecule has 1 heterocycles. The highest BCUT2D eigenvalue weighted by atomic mass is 16.5. The second kappa shape index (κ2) is 9.35. The van der Waals surface area contributed by atoms with E-state index in [9.17, 15) is 9.90 Å². The molecule has 0 spiro atoms. The number of aliphatic hydroxyl groups is 1. The van der Waals surface area contributed by atoms with Crippen LogP contribution in [-0.4, -0.2) is 36.9 Å². The second-order valence-corrected chi connectivity index (χ2v) is 7.86. The number of carbonyl (C=O) groups excluding carboxylic acids is 1. The van der Waals surface area contributed by atoms with Crippen molar-refractivity contribution in [2.45, 2.75) is 58.5 Å². The van der Waals surface area contributed by atoms with Crippen LogP contribution in [0.1, 0.15) is 57.9 Å². The molecule has 1 aliphatic heterocycles. The molecule has 1 aromatic carbocycles. The maximum Gasteiger partial charge on any atom is 0.223 e. The van der Waals surface area contributed by atoms with Gasteiger partial charge in [-0.05, 0) is 30.2 Å². The lowest BCUT2D eigenvalue weighted by Crippen LogP contribution is -2.41. The predicted octanol–water partition coefficient (Wildman–Crippen LogP) is 3.50. The highest BCUT2D eigenvalue weighted by Crippen LogP contribution is 2.34. The molecule has 4 nitrogen and oxygen atoms in total. The van der Waals surface area contributed by atoms with Crippen LogP contribution in [0.4, 0.5) is 0 Å². The molecule has 2 N–H and O–H groups in total. The van der Waals surface area contributed by atoms with Crippen molar-refractivity contribution in [3.8, 4) is 0 Å². The molecule has 25 heavy (non-hydrogen) atoms. The summed E-state index contributed by atoms with van der Waals surface area (Å²) in [6.45, 7) is 7.54. The summed E-state index contributed by atoms with van der Waals surface area (Å²) in [6, 6.07) is 10.1. The van der Waals surface area contributed by atoms with E-state index in [4.69, 9.17) is 4.74 Å². The molecular formula is C21H33NO3. The molecule has 1 saturated heterocycles. The lowest BCUT2D eigenvalue weighted by atomic mass is 9.75. The molecule has 3 atom stereocenters. The number of carbonyl (C=O) groups is 1. The Morgan fingerprint density at radius 2 is 2.08 bits per heavy atom. The standard InChI is InChI=1S/C21H33NO3/c1-4-8-18-13-17(11-12-25-18)20(24)22-14-19(21(2,3)15-23)16-9-6-5-7-10-16/h5-7,9-10,17-19,23H,4,8,11-15H2,1-3H3,(H,22,24). The number of hydrogen-bond donors (Lipinski definition) is 2. The minimum absolute atomic E-state index is 0.0407. The summed E-state index contributed by atoms with van der Waals surface area (Å²) in [5, 5.41) is 13.0. The molecule has 1 amide bonds. The van der Waals surface area contributed by atoms with Crippen molar-refractivity contribution in [2.24, 2.45) is 11.3 Å². The van der Waals surface area contributed by atoms with Crippen molar-refractivity contribution in [3.63, 3.8) is 0 Å². The van der Waals surface area contributed by atoms with Crippen LogP contribution in [0.2, 0.25) is 0 Å². The minimum Gasteiger partial charge on any atom is -0.396 e. The highest BCUT2D eigenvalue weighted by molar-refractivity contribution is 5.78. The molecule has 140 valence electrons. The fourth-order valence-corrected chi connectivity index (χ4v) is 3.63. The summed E-state index contributed by atoms with van der Waals surface area (Å²) in [4.78, 5) is 12.7. The van der Waals surface area contributed by atoms with E-state index in [2.05, 4.69) is 24.4 Å². The number of ether oxygens (including phenoxy) is 1. The van der Waals surface area contributed by atoms with Crippen LogP contribution < -0.4 is 5.32 Å². The first-order valence-corrected chi connectivity index (χ1v) is 9.53. The van der Waals surface area contributed by atoms with Gasteiger partial charge in [0.15, 0.2) is 0 Å². The third kappa shape index (κ3) is 5.55. The summed E-state index contributed by atoms with van der Waals surface area (Å²) in [5.41, 5.74) is 0.854. The number of nitrogens with one attached hydrogen (secondary N) is 1. The van der Waals surface area contributed by atoms with Crippen molar-refractivity contribution in [2.75, 3.05) is 19.8 Å². The SMILES string of the molecule is CCCC1CC(C(=O)NCC(c2ccccc2)C(C)(C)CO)CCO1. The zero-order chi connectivity index (χ0) is 18.3. The van der Waals surface area contributed by atoms with Crippen molar-refractivity contribution in [3.05, 3.63) is 35.9 Å². The van der Waals surface area contributed by atoms with E-state index in [1.54, 1.807) is 0 Å². The third-order valence-electron chi connectivity index (χ3n) is 5.38. The fourth-order valence-electron chi connectivity index (χ4n) is 3.63. The van der Waals surface area contributed by atoms with Gasteiger partial charge in [-0.25, -0.2) is 0 Å². The average Bonchev–Trinajstić information content (AvgIpc) is 2.63. The van der Waals surface area contributed by atoms with Crippen molar-refractivity contribution in [1.82, 2.24) is 5.32 Å². The molecule has 0 aliphatic carbocycles. The second-order valence-electron chi connectivity index (χ2n) is 7.86. The first-order chi connectivity index (χ1) is 12.0. The van der Waals surface area contributed by atoms with Crippen molar-refractivity contribution in [1.29, 1.82) is 0 Å². The molecule has 0 bridgehead atoms. The van der Waals surface area contributed by atoms with Gasteiger partial charge < -0.3 is 15.2 Å². The largest absolute Gasteiger partial charge is 0.396 e. The smallest absolute Gasteiger partial charge is 0.223 e. The Hall–Kier alpha value is -1.39. The monoisotopic (exact) mass is 347 g/mol. The van der Waals surface area contributed by atoms with Crippen molar-refractivity contribution >= 4 is 5.91 Å². The summed E-state index contributed by atoms with van der Waals surface area (Å²) < 4.78 is 5.75. The summed E-state index contributed by atoms with van der Waals surface area (Å²) >= 11 is 0. The predicted molar refractivity (Wildman–Crippen MR) is 100 cm³/mol. The van der Waals surface area contributed by atoms with Gasteiger partial charge in [0.05, 0.1) is 6.10 Å². The van der Waals surface area contributed by atoms with Crippen LogP contribution in [-0.2, 0) is 9.53 Å². The Bertz CT molecular complexity index is 527. The maximum atomic E-state index is 12.7. The van der Waals surface area contributed by atoms with Gasteiger partial charge >= 0.3 is 0 Å². The zero-order valence-electron chi connectivity index (χ0n) is 15.8. The van der Waals surface area contributed by atoms with E-state index >= 15 is 0 Å². The highest BCUT2D eigenvalue weighted by Gasteiger charge is 2.32. The molecule has 1 fully saturated rings. The van der Waals surface area contributed by atoms with E-state index < -0.39 is 0 Å².